The highest BCUT2D eigenvalue weighted by Gasteiger charge is 2.25. The molecule has 3 amide bonds. The summed E-state index contributed by atoms with van der Waals surface area (Å²) in [6, 6.07) is 3.92. The van der Waals surface area contributed by atoms with Crippen LogP contribution in [0.15, 0.2) is 18.2 Å². The number of hydrogen-bond donors (Lipinski definition) is 2. The normalized spacial score (nSPS) is 20.8. The SMILES string of the molecule is O=C(CN1CCCNC1=O)NC1CCCOc2cc(F)ccc21. The molecule has 1 aromatic rings. The van der Waals surface area contributed by atoms with Crippen molar-refractivity contribution < 1.29 is 18.7 Å². The predicted octanol–water partition coefficient (Wildman–Crippen LogP) is 1.57. The predicted molar refractivity (Wildman–Crippen MR) is 81.6 cm³/mol. The van der Waals surface area contributed by atoms with Crippen molar-refractivity contribution >= 4 is 11.9 Å². The lowest BCUT2D eigenvalue weighted by atomic mass is 10.0. The molecular weight excluding hydrogens is 301 g/mol. The zero-order chi connectivity index (χ0) is 16.2. The molecule has 1 aromatic carbocycles. The molecule has 1 unspecified atom stereocenters. The first-order chi connectivity index (χ1) is 11.1. The first-order valence-electron chi connectivity index (χ1n) is 7.88. The minimum atomic E-state index is -0.360. The molecule has 0 bridgehead atoms. The van der Waals surface area contributed by atoms with Crippen LogP contribution in [0, 0.1) is 5.82 Å². The summed E-state index contributed by atoms with van der Waals surface area (Å²) in [6.07, 6.45) is 2.32. The van der Waals surface area contributed by atoms with Gasteiger partial charge in [-0.3, -0.25) is 4.79 Å². The number of halogens is 1. The van der Waals surface area contributed by atoms with E-state index in [1.165, 1.54) is 17.0 Å². The molecule has 0 saturated carbocycles. The highest BCUT2D eigenvalue weighted by molar-refractivity contribution is 5.84. The van der Waals surface area contributed by atoms with E-state index < -0.39 is 0 Å². The van der Waals surface area contributed by atoms with Crippen LogP contribution in [-0.4, -0.2) is 43.1 Å². The Morgan fingerprint density at radius 1 is 1.43 bits per heavy atom. The second-order valence-corrected chi connectivity index (χ2v) is 5.80. The van der Waals surface area contributed by atoms with Crippen LogP contribution in [0.1, 0.15) is 30.9 Å². The molecule has 1 saturated heterocycles. The maximum Gasteiger partial charge on any atom is 0.317 e. The van der Waals surface area contributed by atoms with E-state index in [1.807, 2.05) is 0 Å². The first-order valence-corrected chi connectivity index (χ1v) is 7.88. The first kappa shape index (κ1) is 15.6. The van der Waals surface area contributed by atoms with Crippen LogP contribution in [0.4, 0.5) is 9.18 Å². The summed E-state index contributed by atoms with van der Waals surface area (Å²) in [6.45, 7) is 1.75. The third-order valence-electron chi connectivity index (χ3n) is 4.08. The fourth-order valence-corrected chi connectivity index (χ4v) is 2.94. The van der Waals surface area contributed by atoms with Gasteiger partial charge in [-0.15, -0.1) is 0 Å². The monoisotopic (exact) mass is 321 g/mol. The third kappa shape index (κ3) is 3.72. The largest absolute Gasteiger partial charge is 0.493 e. The topological polar surface area (TPSA) is 70.7 Å². The van der Waals surface area contributed by atoms with Gasteiger partial charge in [0.15, 0.2) is 0 Å². The minimum Gasteiger partial charge on any atom is -0.493 e. The average Bonchev–Trinajstić information content (AvgIpc) is 2.71. The lowest BCUT2D eigenvalue weighted by Gasteiger charge is -2.27. The molecule has 124 valence electrons. The van der Waals surface area contributed by atoms with Crippen LogP contribution in [0.25, 0.3) is 0 Å². The van der Waals surface area contributed by atoms with E-state index in [0.717, 1.165) is 24.8 Å². The van der Waals surface area contributed by atoms with Crippen LogP contribution in [-0.2, 0) is 4.79 Å². The molecule has 7 heteroatoms. The second-order valence-electron chi connectivity index (χ2n) is 5.80. The van der Waals surface area contributed by atoms with Crippen LogP contribution >= 0.6 is 0 Å². The van der Waals surface area contributed by atoms with E-state index in [0.29, 0.717) is 25.4 Å². The summed E-state index contributed by atoms with van der Waals surface area (Å²) < 4.78 is 18.9. The molecule has 2 aliphatic heterocycles. The molecule has 2 aliphatic rings. The molecule has 2 N–H and O–H groups in total. The van der Waals surface area contributed by atoms with Crippen molar-refractivity contribution in [3.05, 3.63) is 29.6 Å². The highest BCUT2D eigenvalue weighted by Crippen LogP contribution is 2.32. The van der Waals surface area contributed by atoms with Crippen molar-refractivity contribution in [2.45, 2.75) is 25.3 Å². The zero-order valence-electron chi connectivity index (χ0n) is 12.8. The molecule has 3 rings (SSSR count). The summed E-state index contributed by atoms with van der Waals surface area (Å²) in [5.74, 6) is -0.103. The van der Waals surface area contributed by atoms with E-state index in [-0.39, 0.29) is 30.3 Å². The molecule has 1 fully saturated rings. The zero-order valence-corrected chi connectivity index (χ0v) is 12.8. The smallest absolute Gasteiger partial charge is 0.317 e. The van der Waals surface area contributed by atoms with Crippen molar-refractivity contribution in [3.8, 4) is 5.75 Å². The van der Waals surface area contributed by atoms with Gasteiger partial charge in [0.2, 0.25) is 5.91 Å². The van der Waals surface area contributed by atoms with Crippen molar-refractivity contribution in [2.75, 3.05) is 26.2 Å². The van der Waals surface area contributed by atoms with Crippen molar-refractivity contribution in [1.29, 1.82) is 0 Å². The maximum absolute atomic E-state index is 13.4. The summed E-state index contributed by atoms with van der Waals surface area (Å²) in [5, 5.41) is 5.66. The Labute approximate surface area is 134 Å². The standard InChI is InChI=1S/C16H20FN3O3/c17-11-4-5-12-13(3-1-8-23-14(12)9-11)19-15(21)10-20-7-2-6-18-16(20)22/h4-5,9,13H,1-3,6-8,10H2,(H,18,22)(H,19,21). The van der Waals surface area contributed by atoms with Gasteiger partial charge in [0.05, 0.1) is 12.6 Å². The van der Waals surface area contributed by atoms with Gasteiger partial charge in [-0.25, -0.2) is 9.18 Å². The Morgan fingerprint density at radius 3 is 3.13 bits per heavy atom. The number of nitrogens with one attached hydrogen (secondary N) is 2. The maximum atomic E-state index is 13.4. The Balaban J connectivity index is 1.67. The van der Waals surface area contributed by atoms with E-state index in [9.17, 15) is 14.0 Å². The molecule has 0 aliphatic carbocycles. The van der Waals surface area contributed by atoms with Gasteiger partial charge in [-0.2, -0.15) is 0 Å². The van der Waals surface area contributed by atoms with E-state index in [4.69, 9.17) is 4.74 Å². The lowest BCUT2D eigenvalue weighted by molar-refractivity contribution is -0.122. The Morgan fingerprint density at radius 2 is 2.30 bits per heavy atom. The number of fused-ring (bicyclic) bond motifs is 1. The van der Waals surface area contributed by atoms with Gasteiger partial charge in [0.25, 0.3) is 0 Å². The fourth-order valence-electron chi connectivity index (χ4n) is 2.94. The minimum absolute atomic E-state index is 0.0275. The molecule has 1 atom stereocenters. The van der Waals surface area contributed by atoms with Gasteiger partial charge in [-0.1, -0.05) is 6.07 Å². The number of ether oxygens (including phenoxy) is 1. The van der Waals surface area contributed by atoms with Gasteiger partial charge in [0, 0.05) is 24.7 Å². The van der Waals surface area contributed by atoms with Gasteiger partial charge < -0.3 is 20.3 Å². The molecular formula is C16H20FN3O3. The summed E-state index contributed by atoms with van der Waals surface area (Å²) in [4.78, 5) is 25.4. The number of benzene rings is 1. The molecule has 0 radical (unpaired) electrons. The van der Waals surface area contributed by atoms with E-state index >= 15 is 0 Å². The molecule has 6 nitrogen and oxygen atoms in total. The number of urea groups is 1. The second kappa shape index (κ2) is 6.85. The molecule has 23 heavy (non-hydrogen) atoms. The van der Waals surface area contributed by atoms with Crippen LogP contribution in [0.2, 0.25) is 0 Å². The van der Waals surface area contributed by atoms with Crippen molar-refractivity contribution in [1.82, 2.24) is 15.5 Å². The number of amides is 3. The highest BCUT2D eigenvalue weighted by atomic mass is 19.1. The Kier molecular flexibility index (Phi) is 4.64. The van der Waals surface area contributed by atoms with Crippen LogP contribution in [0.3, 0.4) is 0 Å². The van der Waals surface area contributed by atoms with Crippen molar-refractivity contribution in [3.63, 3.8) is 0 Å². The Hall–Kier alpha value is -2.31. The van der Waals surface area contributed by atoms with Crippen LogP contribution < -0.4 is 15.4 Å². The number of rotatable bonds is 3. The molecule has 2 heterocycles. The third-order valence-corrected chi connectivity index (χ3v) is 4.08. The van der Waals surface area contributed by atoms with E-state index in [1.54, 1.807) is 6.07 Å². The van der Waals surface area contributed by atoms with Crippen LogP contribution in [0.5, 0.6) is 5.75 Å². The number of hydrogen-bond acceptors (Lipinski definition) is 3. The summed E-state index contributed by atoms with van der Waals surface area (Å²) in [5.41, 5.74) is 0.778. The van der Waals surface area contributed by atoms with Crippen molar-refractivity contribution in [2.24, 2.45) is 0 Å². The lowest BCUT2D eigenvalue weighted by Crippen LogP contribution is -2.50. The van der Waals surface area contributed by atoms with E-state index in [2.05, 4.69) is 10.6 Å². The summed E-state index contributed by atoms with van der Waals surface area (Å²) in [7, 11) is 0. The average molecular weight is 321 g/mol. The number of nitrogens with zero attached hydrogens (tertiary/aromatic N) is 1. The van der Waals surface area contributed by atoms with Gasteiger partial charge >= 0.3 is 6.03 Å². The Bertz CT molecular complexity index is 608. The summed E-state index contributed by atoms with van der Waals surface area (Å²) >= 11 is 0. The van der Waals surface area contributed by atoms with Gasteiger partial charge in [0.1, 0.15) is 18.1 Å². The molecule has 0 aromatic heterocycles. The molecule has 0 spiro atoms. The van der Waals surface area contributed by atoms with Gasteiger partial charge in [-0.05, 0) is 25.3 Å². The number of carbonyl (C=O) groups excluding carboxylic acids is 2. The fraction of sp³-hybridized carbons (Fsp3) is 0.500. The number of carbonyl (C=O) groups is 2. The quantitative estimate of drug-likeness (QED) is 0.888.